The fourth-order valence-electron chi connectivity index (χ4n) is 2.65. The number of nitrogens with zero attached hydrogens (tertiary/aromatic N) is 1. The number of sulfonamides is 1. The largest absolute Gasteiger partial charge is 0.326 e. The van der Waals surface area contributed by atoms with Crippen molar-refractivity contribution in [2.24, 2.45) is 0 Å². The van der Waals surface area contributed by atoms with Gasteiger partial charge in [0.25, 0.3) is 5.24 Å². The summed E-state index contributed by atoms with van der Waals surface area (Å²) in [6.07, 6.45) is -0.0600. The Balaban J connectivity index is 1.48. The van der Waals surface area contributed by atoms with E-state index in [9.17, 15) is 22.8 Å². The molecule has 158 valence electrons. The number of nitrogens with one attached hydrogen (secondary N) is 2. The molecule has 11 heteroatoms. The first kappa shape index (κ1) is 22.3. The fraction of sp³-hybridized carbons (Fsp3) is 0.211. The predicted octanol–water partition coefficient (Wildman–Crippen LogP) is 2.84. The zero-order valence-corrected chi connectivity index (χ0v) is 18.0. The van der Waals surface area contributed by atoms with Gasteiger partial charge in [-0.3, -0.25) is 19.3 Å². The highest BCUT2D eigenvalue weighted by molar-refractivity contribution is 8.14. The van der Waals surface area contributed by atoms with Crippen LogP contribution in [0.1, 0.15) is 12.0 Å². The second kappa shape index (κ2) is 9.61. The molecule has 1 saturated heterocycles. The van der Waals surface area contributed by atoms with Gasteiger partial charge in [0.1, 0.15) is 0 Å². The van der Waals surface area contributed by atoms with Crippen molar-refractivity contribution in [3.63, 3.8) is 0 Å². The second-order valence-corrected chi connectivity index (χ2v) is 9.51. The molecule has 0 aromatic heterocycles. The maximum Gasteiger partial charge on any atom is 0.289 e. The van der Waals surface area contributed by atoms with Gasteiger partial charge in [-0.1, -0.05) is 41.6 Å². The van der Waals surface area contributed by atoms with Crippen molar-refractivity contribution in [2.75, 3.05) is 17.6 Å². The smallest absolute Gasteiger partial charge is 0.289 e. The van der Waals surface area contributed by atoms with Crippen molar-refractivity contribution in [1.82, 2.24) is 9.62 Å². The average Bonchev–Trinajstić information content (AvgIpc) is 3.01. The Labute approximate surface area is 183 Å². The highest BCUT2D eigenvalue weighted by atomic mass is 35.5. The van der Waals surface area contributed by atoms with Gasteiger partial charge in [0.15, 0.2) is 0 Å². The molecular weight excluding hydrogens is 450 g/mol. The molecular formula is C19H18ClN3O5S2. The first-order valence-electron chi connectivity index (χ1n) is 8.86. The van der Waals surface area contributed by atoms with Crippen LogP contribution in [0.2, 0.25) is 5.02 Å². The van der Waals surface area contributed by atoms with E-state index >= 15 is 0 Å². The van der Waals surface area contributed by atoms with Crippen molar-refractivity contribution in [2.45, 2.75) is 17.9 Å². The predicted molar refractivity (Wildman–Crippen MR) is 115 cm³/mol. The molecule has 30 heavy (non-hydrogen) atoms. The number of hydrogen-bond donors (Lipinski definition) is 2. The summed E-state index contributed by atoms with van der Waals surface area (Å²) in [6, 6.07) is 12.6. The fourth-order valence-corrected chi connectivity index (χ4v) is 4.71. The van der Waals surface area contributed by atoms with Gasteiger partial charge >= 0.3 is 0 Å². The lowest BCUT2D eigenvalue weighted by molar-refractivity contribution is -0.125. The van der Waals surface area contributed by atoms with Crippen LogP contribution in [0, 0.1) is 0 Å². The van der Waals surface area contributed by atoms with Crippen molar-refractivity contribution in [3.05, 3.63) is 59.1 Å². The number of rotatable bonds is 8. The third-order valence-corrected chi connectivity index (χ3v) is 6.72. The average molecular weight is 468 g/mol. The van der Waals surface area contributed by atoms with E-state index in [-0.39, 0.29) is 47.2 Å². The summed E-state index contributed by atoms with van der Waals surface area (Å²) >= 11 is 6.78. The molecule has 1 aliphatic rings. The summed E-state index contributed by atoms with van der Waals surface area (Å²) in [5.41, 5.74) is 1.28. The van der Waals surface area contributed by atoms with Gasteiger partial charge in [-0.25, -0.2) is 13.1 Å². The minimum Gasteiger partial charge on any atom is -0.326 e. The van der Waals surface area contributed by atoms with Gasteiger partial charge in [-0.05, 0) is 35.9 Å². The highest BCUT2D eigenvalue weighted by Crippen LogP contribution is 2.22. The first-order chi connectivity index (χ1) is 14.2. The zero-order chi connectivity index (χ0) is 21.7. The molecule has 2 aromatic rings. The molecule has 3 rings (SSSR count). The molecule has 0 atom stereocenters. The summed E-state index contributed by atoms with van der Waals surface area (Å²) in [5, 5.41) is 2.71. The Morgan fingerprint density at radius 3 is 2.50 bits per heavy atom. The van der Waals surface area contributed by atoms with Crippen LogP contribution in [0.5, 0.6) is 0 Å². The molecule has 0 spiro atoms. The van der Waals surface area contributed by atoms with Crippen LogP contribution < -0.4 is 10.0 Å². The molecule has 3 amide bonds. The van der Waals surface area contributed by atoms with Crippen LogP contribution in [0.4, 0.5) is 10.5 Å². The lowest BCUT2D eigenvalue weighted by Gasteiger charge is -2.13. The van der Waals surface area contributed by atoms with Crippen molar-refractivity contribution in [3.8, 4) is 0 Å². The number of amides is 3. The Bertz CT molecular complexity index is 1060. The summed E-state index contributed by atoms with van der Waals surface area (Å²) in [6.45, 7) is 0.111. The summed E-state index contributed by atoms with van der Waals surface area (Å²) in [5.74, 6) is -0.422. The van der Waals surface area contributed by atoms with Gasteiger partial charge < -0.3 is 5.32 Å². The number of benzene rings is 2. The van der Waals surface area contributed by atoms with Crippen molar-refractivity contribution in [1.29, 1.82) is 0 Å². The molecule has 0 saturated carbocycles. The van der Waals surface area contributed by atoms with E-state index in [2.05, 4.69) is 10.0 Å². The summed E-state index contributed by atoms with van der Waals surface area (Å²) in [4.78, 5) is 36.6. The monoisotopic (exact) mass is 467 g/mol. The van der Waals surface area contributed by atoms with E-state index in [0.29, 0.717) is 10.7 Å². The van der Waals surface area contributed by atoms with Gasteiger partial charge in [-0.2, -0.15) is 0 Å². The number of imide groups is 1. The van der Waals surface area contributed by atoms with E-state index in [4.69, 9.17) is 11.6 Å². The molecule has 0 radical (unpaired) electrons. The third kappa shape index (κ3) is 5.82. The molecule has 1 heterocycles. The molecule has 2 aromatic carbocycles. The molecule has 8 nitrogen and oxygen atoms in total. The Hall–Kier alpha value is -2.40. The molecule has 1 fully saturated rings. The molecule has 1 aliphatic heterocycles. The van der Waals surface area contributed by atoms with Crippen molar-refractivity contribution < 1.29 is 22.8 Å². The van der Waals surface area contributed by atoms with E-state index in [0.717, 1.165) is 17.3 Å². The normalized spacial score (nSPS) is 14.2. The molecule has 0 aliphatic carbocycles. The summed E-state index contributed by atoms with van der Waals surface area (Å²) < 4.78 is 26.7. The Morgan fingerprint density at radius 2 is 1.87 bits per heavy atom. The number of carbonyl (C=O) groups excluding carboxylic acids is 3. The maximum atomic E-state index is 12.2. The molecule has 0 bridgehead atoms. The second-order valence-electron chi connectivity index (χ2n) is 6.38. The lowest BCUT2D eigenvalue weighted by Crippen LogP contribution is -2.28. The number of halogens is 1. The van der Waals surface area contributed by atoms with Crippen LogP contribution in [-0.4, -0.2) is 42.7 Å². The molecule has 2 N–H and O–H groups in total. The Morgan fingerprint density at radius 1 is 1.13 bits per heavy atom. The Kier molecular flexibility index (Phi) is 7.14. The van der Waals surface area contributed by atoms with Crippen LogP contribution >= 0.6 is 23.4 Å². The van der Waals surface area contributed by atoms with Crippen LogP contribution in [0.3, 0.4) is 0 Å². The van der Waals surface area contributed by atoms with E-state index < -0.39 is 10.0 Å². The zero-order valence-electron chi connectivity index (χ0n) is 15.6. The van der Waals surface area contributed by atoms with E-state index in [1.165, 1.54) is 23.1 Å². The van der Waals surface area contributed by atoms with E-state index in [1.54, 1.807) is 30.3 Å². The minimum atomic E-state index is -3.75. The van der Waals surface area contributed by atoms with Crippen LogP contribution in [0.25, 0.3) is 0 Å². The van der Waals surface area contributed by atoms with Gasteiger partial charge in [0, 0.05) is 23.7 Å². The van der Waals surface area contributed by atoms with E-state index in [1.807, 2.05) is 0 Å². The summed E-state index contributed by atoms with van der Waals surface area (Å²) in [7, 11) is -3.75. The van der Waals surface area contributed by atoms with Gasteiger partial charge in [0.05, 0.1) is 17.2 Å². The number of anilines is 1. The lowest BCUT2D eigenvalue weighted by atomic mass is 10.2. The number of hydrogen-bond acceptors (Lipinski definition) is 6. The third-order valence-electron chi connectivity index (χ3n) is 4.17. The van der Waals surface area contributed by atoms with Gasteiger partial charge in [-0.15, -0.1) is 0 Å². The van der Waals surface area contributed by atoms with Gasteiger partial charge in [0.2, 0.25) is 21.8 Å². The highest BCUT2D eigenvalue weighted by Gasteiger charge is 2.29. The number of thioether (sulfide) groups is 1. The maximum absolute atomic E-state index is 12.2. The SMILES string of the molecule is O=C(CCNS(=O)(=O)c1cccc(Cl)c1)Nc1ccc(CN2C(=O)CSC2=O)cc1. The first-order valence-corrected chi connectivity index (χ1v) is 11.7. The molecule has 0 unspecified atom stereocenters. The van der Waals surface area contributed by atoms with Crippen molar-refractivity contribution >= 4 is 56.1 Å². The van der Waals surface area contributed by atoms with Crippen LogP contribution in [-0.2, 0) is 26.2 Å². The topological polar surface area (TPSA) is 113 Å². The standard InChI is InChI=1S/C19H18ClN3O5S2/c20-14-2-1-3-16(10-14)30(27,28)21-9-8-17(24)22-15-6-4-13(5-7-15)11-23-18(25)12-29-19(23)26/h1-7,10,21H,8-9,11-12H2,(H,22,24). The van der Waals surface area contributed by atoms with Crippen LogP contribution in [0.15, 0.2) is 53.4 Å². The number of carbonyl (C=O) groups is 3. The minimum absolute atomic E-state index is 0.0272. The quantitative estimate of drug-likeness (QED) is 0.617.